The fourth-order valence-corrected chi connectivity index (χ4v) is 1.38. The van der Waals surface area contributed by atoms with Gasteiger partial charge in [-0.1, -0.05) is 0 Å². The maximum absolute atomic E-state index is 12.8. The third-order valence-corrected chi connectivity index (χ3v) is 2.25. The zero-order valence-electron chi connectivity index (χ0n) is 9.69. The largest absolute Gasteiger partial charge is 0.385 e. The Kier molecular flexibility index (Phi) is 4.24. The number of nitrogens with two attached hydrogens (primary N) is 1. The van der Waals surface area contributed by atoms with Crippen LogP contribution in [0.25, 0.3) is 0 Å². The maximum atomic E-state index is 12.8. The molecular weight excluding hydrogens is 210 g/mol. The summed E-state index contributed by atoms with van der Waals surface area (Å²) < 4.78 is 25.5. The Hall–Kier alpha value is -1.16. The van der Waals surface area contributed by atoms with E-state index in [-0.39, 0.29) is 5.54 Å². The van der Waals surface area contributed by atoms with Crippen molar-refractivity contribution in [1.82, 2.24) is 0 Å². The van der Waals surface area contributed by atoms with Crippen LogP contribution in [0.3, 0.4) is 0 Å². The summed E-state index contributed by atoms with van der Waals surface area (Å²) in [4.78, 5) is 0. The molecule has 2 nitrogen and oxygen atoms in total. The minimum Gasteiger partial charge on any atom is -0.385 e. The van der Waals surface area contributed by atoms with Crippen LogP contribution in [0, 0.1) is 11.6 Å². The molecule has 0 fully saturated rings. The average Bonchev–Trinajstić information content (AvgIpc) is 2.17. The van der Waals surface area contributed by atoms with Crippen LogP contribution in [0.2, 0.25) is 0 Å². The van der Waals surface area contributed by atoms with Gasteiger partial charge in [0.15, 0.2) is 11.6 Å². The number of hydrogen-bond donors (Lipinski definition) is 2. The normalized spacial score (nSPS) is 11.6. The summed E-state index contributed by atoms with van der Waals surface area (Å²) in [5.41, 5.74) is 6.23. The number of hydrogen-bond acceptors (Lipinski definition) is 2. The van der Waals surface area contributed by atoms with Crippen molar-refractivity contribution in [3.8, 4) is 0 Å². The van der Waals surface area contributed by atoms with Gasteiger partial charge in [0.25, 0.3) is 0 Å². The minimum atomic E-state index is -0.829. The molecule has 3 N–H and O–H groups in total. The van der Waals surface area contributed by atoms with Crippen molar-refractivity contribution in [2.45, 2.75) is 32.2 Å². The SMILES string of the molecule is CC(C)(N)CCCNc1ccc(F)c(F)c1. The van der Waals surface area contributed by atoms with Gasteiger partial charge in [-0.3, -0.25) is 0 Å². The van der Waals surface area contributed by atoms with Crippen molar-refractivity contribution >= 4 is 5.69 Å². The highest BCUT2D eigenvalue weighted by Gasteiger charge is 2.09. The molecule has 0 amide bonds. The number of halogens is 2. The quantitative estimate of drug-likeness (QED) is 0.760. The van der Waals surface area contributed by atoms with Crippen molar-refractivity contribution in [2.75, 3.05) is 11.9 Å². The molecule has 0 saturated heterocycles. The minimum absolute atomic E-state index is 0.185. The van der Waals surface area contributed by atoms with Gasteiger partial charge in [-0.25, -0.2) is 8.78 Å². The number of nitrogens with one attached hydrogen (secondary N) is 1. The van der Waals surface area contributed by atoms with E-state index in [9.17, 15) is 8.78 Å². The summed E-state index contributed by atoms with van der Waals surface area (Å²) in [6.45, 7) is 4.63. The molecule has 0 spiro atoms. The zero-order chi connectivity index (χ0) is 12.2. The van der Waals surface area contributed by atoms with Gasteiger partial charge in [0.2, 0.25) is 0 Å². The molecule has 4 heteroatoms. The molecule has 0 heterocycles. The summed E-state index contributed by atoms with van der Waals surface area (Å²) in [7, 11) is 0. The molecule has 0 aromatic heterocycles. The van der Waals surface area contributed by atoms with Gasteiger partial charge in [0.1, 0.15) is 0 Å². The van der Waals surface area contributed by atoms with E-state index >= 15 is 0 Å². The summed E-state index contributed by atoms with van der Waals surface area (Å²) >= 11 is 0. The van der Waals surface area contributed by atoms with E-state index in [0.717, 1.165) is 25.0 Å². The van der Waals surface area contributed by atoms with Crippen LogP contribution in [0.5, 0.6) is 0 Å². The monoisotopic (exact) mass is 228 g/mol. The standard InChI is InChI=1S/C12H18F2N2/c1-12(2,15)6-3-7-16-9-4-5-10(13)11(14)8-9/h4-5,8,16H,3,6-7,15H2,1-2H3. The van der Waals surface area contributed by atoms with Crippen LogP contribution in [-0.4, -0.2) is 12.1 Å². The second-order valence-corrected chi connectivity index (χ2v) is 4.65. The molecule has 0 atom stereocenters. The Morgan fingerprint density at radius 2 is 1.94 bits per heavy atom. The van der Waals surface area contributed by atoms with Crippen molar-refractivity contribution < 1.29 is 8.78 Å². The third kappa shape index (κ3) is 4.57. The van der Waals surface area contributed by atoms with Gasteiger partial charge in [0, 0.05) is 17.8 Å². The lowest BCUT2D eigenvalue weighted by molar-refractivity contribution is 0.465. The number of anilines is 1. The molecule has 90 valence electrons. The third-order valence-electron chi connectivity index (χ3n) is 2.25. The maximum Gasteiger partial charge on any atom is 0.160 e. The second kappa shape index (κ2) is 5.25. The van der Waals surface area contributed by atoms with Crippen LogP contribution in [0.15, 0.2) is 18.2 Å². The molecule has 1 aromatic carbocycles. The lowest BCUT2D eigenvalue weighted by Gasteiger charge is -2.18. The molecule has 0 radical (unpaired) electrons. The fourth-order valence-electron chi connectivity index (χ4n) is 1.38. The summed E-state index contributed by atoms with van der Waals surface area (Å²) in [5.74, 6) is -1.65. The first kappa shape index (κ1) is 12.9. The van der Waals surface area contributed by atoms with Crippen LogP contribution >= 0.6 is 0 Å². The first-order chi connectivity index (χ1) is 7.38. The smallest absolute Gasteiger partial charge is 0.160 e. The lowest BCUT2D eigenvalue weighted by Crippen LogP contribution is -2.32. The van der Waals surface area contributed by atoms with E-state index in [1.807, 2.05) is 13.8 Å². The average molecular weight is 228 g/mol. The molecule has 1 aromatic rings. The molecular formula is C12H18F2N2. The summed E-state index contributed by atoms with van der Waals surface area (Å²) in [5, 5.41) is 3.02. The number of rotatable bonds is 5. The highest BCUT2D eigenvalue weighted by molar-refractivity contribution is 5.43. The van der Waals surface area contributed by atoms with Crippen LogP contribution in [-0.2, 0) is 0 Å². The van der Waals surface area contributed by atoms with E-state index in [1.54, 1.807) is 0 Å². The Morgan fingerprint density at radius 1 is 1.25 bits per heavy atom. The molecule has 0 bridgehead atoms. The molecule has 0 aliphatic rings. The van der Waals surface area contributed by atoms with E-state index in [0.29, 0.717) is 12.2 Å². The van der Waals surface area contributed by atoms with Crippen LogP contribution in [0.4, 0.5) is 14.5 Å². The Labute approximate surface area is 94.8 Å². The highest BCUT2D eigenvalue weighted by Crippen LogP contribution is 2.13. The molecule has 0 unspecified atom stereocenters. The van der Waals surface area contributed by atoms with Crippen molar-refractivity contribution in [1.29, 1.82) is 0 Å². The predicted molar refractivity (Wildman–Crippen MR) is 62.3 cm³/mol. The van der Waals surface area contributed by atoms with Gasteiger partial charge in [-0.15, -0.1) is 0 Å². The van der Waals surface area contributed by atoms with Crippen molar-refractivity contribution in [3.05, 3.63) is 29.8 Å². The molecule has 16 heavy (non-hydrogen) atoms. The van der Waals surface area contributed by atoms with Gasteiger partial charge in [-0.2, -0.15) is 0 Å². The Balaban J connectivity index is 2.35. The summed E-state index contributed by atoms with van der Waals surface area (Å²) in [6.07, 6.45) is 1.77. The predicted octanol–water partition coefficient (Wildman–Crippen LogP) is 2.89. The van der Waals surface area contributed by atoms with Crippen molar-refractivity contribution in [2.24, 2.45) is 5.73 Å². The summed E-state index contributed by atoms with van der Waals surface area (Å²) in [6, 6.07) is 3.79. The first-order valence-electron chi connectivity index (χ1n) is 5.36. The van der Waals surface area contributed by atoms with E-state index in [1.165, 1.54) is 6.07 Å². The Bertz CT molecular complexity index is 345. The van der Waals surface area contributed by atoms with Gasteiger partial charge >= 0.3 is 0 Å². The zero-order valence-corrected chi connectivity index (χ0v) is 9.69. The molecule has 0 saturated carbocycles. The van der Waals surface area contributed by atoms with E-state index in [2.05, 4.69) is 5.32 Å². The molecule has 1 rings (SSSR count). The van der Waals surface area contributed by atoms with Crippen LogP contribution in [0.1, 0.15) is 26.7 Å². The molecule has 0 aliphatic heterocycles. The fraction of sp³-hybridized carbons (Fsp3) is 0.500. The van der Waals surface area contributed by atoms with Crippen molar-refractivity contribution in [3.63, 3.8) is 0 Å². The topological polar surface area (TPSA) is 38.0 Å². The second-order valence-electron chi connectivity index (χ2n) is 4.65. The molecule has 0 aliphatic carbocycles. The number of benzene rings is 1. The van der Waals surface area contributed by atoms with Crippen LogP contribution < -0.4 is 11.1 Å². The highest BCUT2D eigenvalue weighted by atomic mass is 19.2. The Morgan fingerprint density at radius 3 is 2.50 bits per heavy atom. The van der Waals surface area contributed by atoms with E-state index < -0.39 is 11.6 Å². The van der Waals surface area contributed by atoms with E-state index in [4.69, 9.17) is 5.73 Å². The van der Waals surface area contributed by atoms with Gasteiger partial charge in [0.05, 0.1) is 0 Å². The van der Waals surface area contributed by atoms with Gasteiger partial charge in [-0.05, 0) is 44.9 Å². The lowest BCUT2D eigenvalue weighted by atomic mass is 10.0. The van der Waals surface area contributed by atoms with Gasteiger partial charge < -0.3 is 11.1 Å². The first-order valence-corrected chi connectivity index (χ1v) is 5.36.